The fraction of sp³-hybridized carbons (Fsp3) is 0.400. The Kier molecular flexibility index (Phi) is 2.00. The second-order valence-corrected chi connectivity index (χ2v) is 3.65. The van der Waals surface area contributed by atoms with Crippen LogP contribution in [0.25, 0.3) is 5.78 Å². The Balaban J connectivity index is 2.37. The van der Waals surface area contributed by atoms with Crippen molar-refractivity contribution in [3.8, 4) is 0 Å². The number of rotatable bonds is 2. The van der Waals surface area contributed by atoms with Crippen LogP contribution < -0.4 is 0 Å². The Bertz CT molecular complexity index is 403. The highest BCUT2D eigenvalue weighted by molar-refractivity contribution is 5.28. The molecule has 3 heteroatoms. The summed E-state index contributed by atoms with van der Waals surface area (Å²) in [5.74, 6) is 1.43. The van der Waals surface area contributed by atoms with Crippen molar-refractivity contribution >= 4 is 5.78 Å². The molecule has 2 aromatic rings. The van der Waals surface area contributed by atoms with Crippen LogP contribution in [0.3, 0.4) is 0 Å². The maximum absolute atomic E-state index is 4.43. The van der Waals surface area contributed by atoms with Gasteiger partial charge in [0.2, 0.25) is 5.78 Å². The normalized spacial score (nSPS) is 11.3. The van der Waals surface area contributed by atoms with Crippen LogP contribution in [0.1, 0.15) is 19.5 Å². The first kappa shape index (κ1) is 8.23. The number of fused-ring (bicyclic) bond motifs is 1. The van der Waals surface area contributed by atoms with E-state index in [-0.39, 0.29) is 0 Å². The molecule has 0 unspecified atom stereocenters. The smallest absolute Gasteiger partial charge is 0.233 e. The van der Waals surface area contributed by atoms with Crippen LogP contribution in [-0.2, 0) is 6.42 Å². The lowest BCUT2D eigenvalue weighted by molar-refractivity contribution is 0.635. The van der Waals surface area contributed by atoms with Crippen molar-refractivity contribution in [1.82, 2.24) is 14.4 Å². The van der Waals surface area contributed by atoms with Crippen molar-refractivity contribution in [2.24, 2.45) is 5.92 Å². The molecule has 2 aromatic heterocycles. The van der Waals surface area contributed by atoms with Gasteiger partial charge in [0.1, 0.15) is 0 Å². The van der Waals surface area contributed by atoms with Gasteiger partial charge in [-0.15, -0.1) is 0 Å². The number of hydrogen-bond acceptors (Lipinski definition) is 2. The number of imidazole rings is 1. The topological polar surface area (TPSA) is 30.2 Å². The van der Waals surface area contributed by atoms with Crippen LogP contribution in [0.5, 0.6) is 0 Å². The summed E-state index contributed by atoms with van der Waals surface area (Å²) in [6, 6.07) is 2.05. The van der Waals surface area contributed by atoms with E-state index in [4.69, 9.17) is 0 Å². The van der Waals surface area contributed by atoms with Gasteiger partial charge in [0, 0.05) is 24.3 Å². The molecule has 0 bridgehead atoms. The Morgan fingerprint density at radius 2 is 2.23 bits per heavy atom. The molecular formula is C10H13N3. The molecule has 2 rings (SSSR count). The largest absolute Gasteiger partial charge is 0.291 e. The minimum Gasteiger partial charge on any atom is -0.291 e. The molecule has 0 fully saturated rings. The number of aromatic nitrogens is 3. The predicted octanol–water partition coefficient (Wildman–Crippen LogP) is 1.93. The lowest BCUT2D eigenvalue weighted by Crippen LogP contribution is -1.99. The fourth-order valence-corrected chi connectivity index (χ4v) is 1.37. The van der Waals surface area contributed by atoms with Crippen molar-refractivity contribution < 1.29 is 0 Å². The summed E-state index contributed by atoms with van der Waals surface area (Å²) >= 11 is 0. The molecule has 0 saturated heterocycles. The first-order chi connectivity index (χ1) is 6.25. The molecule has 0 amide bonds. The van der Waals surface area contributed by atoms with Gasteiger partial charge >= 0.3 is 0 Å². The summed E-state index contributed by atoms with van der Waals surface area (Å²) in [7, 11) is 0. The quantitative estimate of drug-likeness (QED) is 0.698. The van der Waals surface area contributed by atoms with Crippen molar-refractivity contribution in [2.45, 2.75) is 20.3 Å². The van der Waals surface area contributed by atoms with Crippen LogP contribution in [0.2, 0.25) is 0 Å². The minimum absolute atomic E-state index is 0.643. The van der Waals surface area contributed by atoms with Gasteiger partial charge in [-0.3, -0.25) is 4.40 Å². The third-order valence-corrected chi connectivity index (χ3v) is 1.94. The van der Waals surface area contributed by atoms with Gasteiger partial charge in [0.25, 0.3) is 0 Å². The van der Waals surface area contributed by atoms with E-state index in [9.17, 15) is 0 Å². The molecule has 0 aromatic carbocycles. The molecule has 13 heavy (non-hydrogen) atoms. The van der Waals surface area contributed by atoms with Crippen molar-refractivity contribution in [2.75, 3.05) is 0 Å². The molecular weight excluding hydrogens is 162 g/mol. The molecule has 68 valence electrons. The highest BCUT2D eigenvalue weighted by atomic mass is 15.1. The summed E-state index contributed by atoms with van der Waals surface area (Å²) < 4.78 is 1.92. The first-order valence-electron chi connectivity index (χ1n) is 4.54. The summed E-state index contributed by atoms with van der Waals surface area (Å²) in [5.41, 5.74) is 1.12. The Labute approximate surface area is 77.4 Å². The molecule has 0 aliphatic carbocycles. The van der Waals surface area contributed by atoms with E-state index < -0.39 is 0 Å². The van der Waals surface area contributed by atoms with Gasteiger partial charge < -0.3 is 0 Å². The van der Waals surface area contributed by atoms with Gasteiger partial charge in [0.05, 0.1) is 0 Å². The molecule has 0 aliphatic rings. The van der Waals surface area contributed by atoms with Gasteiger partial charge in [0.15, 0.2) is 0 Å². The molecule has 0 N–H and O–H groups in total. The Hall–Kier alpha value is -1.38. The van der Waals surface area contributed by atoms with Crippen LogP contribution in [0, 0.1) is 5.92 Å². The van der Waals surface area contributed by atoms with Gasteiger partial charge in [-0.2, -0.15) is 0 Å². The monoisotopic (exact) mass is 175 g/mol. The van der Waals surface area contributed by atoms with Crippen molar-refractivity contribution in [1.29, 1.82) is 0 Å². The lowest BCUT2D eigenvalue weighted by Gasteiger charge is -2.03. The fourth-order valence-electron chi connectivity index (χ4n) is 1.37. The second kappa shape index (κ2) is 3.17. The molecule has 0 aliphatic heterocycles. The second-order valence-electron chi connectivity index (χ2n) is 3.65. The average molecular weight is 175 g/mol. The zero-order chi connectivity index (χ0) is 9.26. The summed E-state index contributed by atoms with van der Waals surface area (Å²) in [4.78, 5) is 8.57. The van der Waals surface area contributed by atoms with Crippen molar-refractivity contribution in [3.05, 3.63) is 30.4 Å². The van der Waals surface area contributed by atoms with E-state index >= 15 is 0 Å². The van der Waals surface area contributed by atoms with Gasteiger partial charge in [-0.25, -0.2) is 9.97 Å². The zero-order valence-electron chi connectivity index (χ0n) is 7.94. The van der Waals surface area contributed by atoms with Crippen LogP contribution in [-0.4, -0.2) is 14.4 Å². The Morgan fingerprint density at radius 1 is 1.38 bits per heavy atom. The van der Waals surface area contributed by atoms with E-state index in [1.165, 1.54) is 0 Å². The van der Waals surface area contributed by atoms with Crippen LogP contribution in [0.4, 0.5) is 0 Å². The summed E-state index contributed by atoms with van der Waals surface area (Å²) in [6.45, 7) is 4.38. The highest BCUT2D eigenvalue weighted by Crippen LogP contribution is 2.06. The zero-order valence-corrected chi connectivity index (χ0v) is 7.94. The molecule has 0 spiro atoms. The summed E-state index contributed by atoms with van der Waals surface area (Å²) in [6.07, 6.45) is 6.69. The number of nitrogens with zero attached hydrogens (tertiary/aromatic N) is 3. The van der Waals surface area contributed by atoms with E-state index in [2.05, 4.69) is 29.9 Å². The lowest BCUT2D eigenvalue weighted by atomic mass is 10.1. The van der Waals surface area contributed by atoms with E-state index in [1.807, 2.05) is 16.8 Å². The average Bonchev–Trinajstić information content (AvgIpc) is 2.49. The maximum Gasteiger partial charge on any atom is 0.233 e. The van der Waals surface area contributed by atoms with E-state index in [0.29, 0.717) is 5.92 Å². The van der Waals surface area contributed by atoms with E-state index in [1.54, 1.807) is 6.20 Å². The standard InChI is InChI=1S/C10H13N3/c1-8(2)7-9-3-5-13-6-4-11-10(13)12-9/h3-6,8H,7H2,1-2H3. The molecule has 2 heterocycles. The minimum atomic E-state index is 0.643. The molecule has 3 nitrogen and oxygen atoms in total. The first-order valence-corrected chi connectivity index (χ1v) is 4.54. The third kappa shape index (κ3) is 1.69. The van der Waals surface area contributed by atoms with E-state index in [0.717, 1.165) is 17.9 Å². The highest BCUT2D eigenvalue weighted by Gasteiger charge is 2.00. The third-order valence-electron chi connectivity index (χ3n) is 1.94. The van der Waals surface area contributed by atoms with Crippen LogP contribution in [0.15, 0.2) is 24.7 Å². The van der Waals surface area contributed by atoms with Crippen molar-refractivity contribution in [3.63, 3.8) is 0 Å². The Morgan fingerprint density at radius 3 is 3.00 bits per heavy atom. The van der Waals surface area contributed by atoms with Crippen LogP contribution >= 0.6 is 0 Å². The predicted molar refractivity (Wildman–Crippen MR) is 51.5 cm³/mol. The van der Waals surface area contributed by atoms with Gasteiger partial charge in [-0.05, 0) is 18.4 Å². The molecule has 0 saturated carbocycles. The summed E-state index contributed by atoms with van der Waals surface area (Å²) in [5, 5.41) is 0. The molecule has 0 radical (unpaired) electrons. The maximum atomic E-state index is 4.43. The SMILES string of the molecule is CC(C)Cc1ccn2ccnc2n1. The molecule has 0 atom stereocenters. The van der Waals surface area contributed by atoms with Gasteiger partial charge in [-0.1, -0.05) is 13.8 Å². The number of hydrogen-bond donors (Lipinski definition) is 0.